The van der Waals surface area contributed by atoms with Crippen LogP contribution in [-0.2, 0) is 38.9 Å². The normalized spacial score (nSPS) is 10.9. The van der Waals surface area contributed by atoms with E-state index in [1.54, 1.807) is 36.7 Å². The molecular formula is C76H83N3O11. The molecule has 0 unspecified atom stereocenters. The zero-order chi connectivity index (χ0) is 63.5. The van der Waals surface area contributed by atoms with Crippen molar-refractivity contribution in [3.63, 3.8) is 0 Å². The number of aromatic nitrogens is 2. The lowest BCUT2D eigenvalue weighted by Gasteiger charge is -2.18. The van der Waals surface area contributed by atoms with E-state index in [0.717, 1.165) is 123 Å². The molecular weight excluding hydrogens is 1130 g/mol. The minimum Gasteiger partial charge on any atom is -0.493 e. The van der Waals surface area contributed by atoms with Crippen molar-refractivity contribution < 1.29 is 52.6 Å². The van der Waals surface area contributed by atoms with E-state index in [-0.39, 0.29) is 11.3 Å². The number of rotatable bonds is 33. The minimum atomic E-state index is -1.04. The van der Waals surface area contributed by atoms with Gasteiger partial charge in [0.05, 0.1) is 37.7 Å². The third-order valence-corrected chi connectivity index (χ3v) is 14.6. The fraction of sp³-hybridized carbons (Fsp3) is 0.276. The first-order valence-electron chi connectivity index (χ1n) is 31.0. The molecule has 14 nitrogen and oxygen atoms in total. The Morgan fingerprint density at radius 2 is 0.967 bits per heavy atom. The maximum Gasteiger partial charge on any atom is 0.339 e. The highest BCUT2D eigenvalue weighted by Crippen LogP contribution is 2.39. The highest BCUT2D eigenvalue weighted by molar-refractivity contribution is 6.06. The van der Waals surface area contributed by atoms with Crippen molar-refractivity contribution in [1.82, 2.24) is 15.1 Å². The first-order valence-corrected chi connectivity index (χ1v) is 31.0. The zero-order valence-electron chi connectivity index (χ0n) is 52.8. The number of nitrogens with zero attached hydrogens (tertiary/aromatic N) is 2. The number of carboxylic acid groups (broad SMARTS) is 1. The average Bonchev–Trinajstić information content (AvgIpc) is 3.16. The Balaban J connectivity index is 0.000000232. The topological polar surface area (TPSA) is 160 Å². The Hall–Kier alpha value is -9.95. The van der Waals surface area contributed by atoms with Crippen molar-refractivity contribution in [1.29, 1.82) is 0 Å². The van der Waals surface area contributed by atoms with Gasteiger partial charge < -0.3 is 47.9 Å². The Morgan fingerprint density at radius 1 is 0.489 bits per heavy atom. The van der Waals surface area contributed by atoms with E-state index in [1.165, 1.54) is 6.07 Å². The van der Waals surface area contributed by atoms with Gasteiger partial charge in [0, 0.05) is 74.2 Å². The molecule has 8 aromatic carbocycles. The number of hydrogen-bond donors (Lipinski definition) is 2. The van der Waals surface area contributed by atoms with Crippen molar-refractivity contribution in [2.24, 2.45) is 0 Å². The molecule has 0 aliphatic rings. The summed E-state index contributed by atoms with van der Waals surface area (Å²) in [4.78, 5) is 26.7. The van der Waals surface area contributed by atoms with Gasteiger partial charge in [-0.1, -0.05) is 144 Å². The van der Waals surface area contributed by atoms with Crippen molar-refractivity contribution in [2.75, 3.05) is 40.5 Å². The molecule has 0 saturated carbocycles. The SMILES string of the molecule is CCCc1c(OCCCOc2cc(OCc3ccccc3)c(-c3ccn[nH]3)cc2CC)cccc1Oc1ccccc1C(=O)O.CCCc1c(OCCCOc2cc(OCc3ccccc3)c(C(=O)/C=C/N(C)C)cc2CC)cccc1Oc1ccccc1C. The quantitative estimate of drug-likeness (QED) is 0.0227. The van der Waals surface area contributed by atoms with Crippen LogP contribution in [0.1, 0.15) is 113 Å². The van der Waals surface area contributed by atoms with Gasteiger partial charge in [-0.2, -0.15) is 5.10 Å². The monoisotopic (exact) mass is 1210 g/mol. The molecule has 1 aromatic heterocycles. The van der Waals surface area contributed by atoms with Crippen LogP contribution in [0, 0.1) is 6.92 Å². The van der Waals surface area contributed by atoms with Crippen LogP contribution in [0.3, 0.4) is 0 Å². The number of ketones is 1. The molecule has 468 valence electrons. The van der Waals surface area contributed by atoms with E-state index in [4.69, 9.17) is 37.9 Å². The molecule has 0 atom stereocenters. The van der Waals surface area contributed by atoms with Crippen LogP contribution in [0.15, 0.2) is 194 Å². The number of carbonyl (C=O) groups excluding carboxylic acids is 1. The van der Waals surface area contributed by atoms with Gasteiger partial charge in [0.2, 0.25) is 0 Å². The summed E-state index contributed by atoms with van der Waals surface area (Å²) in [6.07, 6.45) is 11.3. The summed E-state index contributed by atoms with van der Waals surface area (Å²) in [5.41, 5.74) is 9.65. The smallest absolute Gasteiger partial charge is 0.339 e. The van der Waals surface area contributed by atoms with Crippen LogP contribution in [0.5, 0.6) is 57.5 Å². The highest BCUT2D eigenvalue weighted by Gasteiger charge is 2.20. The van der Waals surface area contributed by atoms with E-state index in [1.807, 2.05) is 172 Å². The fourth-order valence-corrected chi connectivity index (χ4v) is 9.89. The number of carbonyl (C=O) groups is 2. The summed E-state index contributed by atoms with van der Waals surface area (Å²) in [7, 11) is 3.77. The molecule has 90 heavy (non-hydrogen) atoms. The van der Waals surface area contributed by atoms with Gasteiger partial charge in [-0.25, -0.2) is 4.79 Å². The van der Waals surface area contributed by atoms with Gasteiger partial charge in [-0.15, -0.1) is 0 Å². The van der Waals surface area contributed by atoms with Crippen molar-refractivity contribution in [3.05, 3.63) is 244 Å². The van der Waals surface area contributed by atoms with Gasteiger partial charge in [0.15, 0.2) is 5.78 Å². The molecule has 2 N–H and O–H groups in total. The van der Waals surface area contributed by atoms with Gasteiger partial charge >= 0.3 is 5.97 Å². The second kappa shape index (κ2) is 34.6. The van der Waals surface area contributed by atoms with Gasteiger partial charge in [0.1, 0.15) is 76.3 Å². The van der Waals surface area contributed by atoms with Gasteiger partial charge in [-0.3, -0.25) is 9.89 Å². The molecule has 0 amide bonds. The highest BCUT2D eigenvalue weighted by atomic mass is 16.5. The lowest BCUT2D eigenvalue weighted by molar-refractivity contribution is 0.0693. The lowest BCUT2D eigenvalue weighted by atomic mass is 10.0. The summed E-state index contributed by atoms with van der Waals surface area (Å²) < 4.78 is 49.9. The van der Waals surface area contributed by atoms with Crippen molar-refractivity contribution in [2.45, 2.75) is 99.2 Å². The number of aryl methyl sites for hydroxylation is 3. The summed E-state index contributed by atoms with van der Waals surface area (Å²) >= 11 is 0. The maximum atomic E-state index is 13.2. The van der Waals surface area contributed by atoms with E-state index in [0.29, 0.717) is 81.0 Å². The van der Waals surface area contributed by atoms with Crippen LogP contribution < -0.4 is 37.9 Å². The molecule has 1 heterocycles. The summed E-state index contributed by atoms with van der Waals surface area (Å²) in [5, 5.41) is 16.8. The first kappa shape index (κ1) is 66.0. The molecule has 0 spiro atoms. The van der Waals surface area contributed by atoms with Crippen LogP contribution in [0.4, 0.5) is 0 Å². The molecule has 0 aliphatic heterocycles. The van der Waals surface area contributed by atoms with E-state index < -0.39 is 5.97 Å². The number of allylic oxidation sites excluding steroid dienone is 1. The summed E-state index contributed by atoms with van der Waals surface area (Å²) in [6.45, 7) is 13.1. The van der Waals surface area contributed by atoms with Crippen LogP contribution in [0.25, 0.3) is 11.3 Å². The fourth-order valence-electron chi connectivity index (χ4n) is 9.89. The molecule has 0 bridgehead atoms. The Kier molecular flexibility index (Phi) is 25.3. The number of aromatic amines is 1. The number of hydrogen-bond acceptors (Lipinski definition) is 12. The number of ether oxygens (including phenoxy) is 8. The molecule has 0 radical (unpaired) electrons. The number of nitrogens with one attached hydrogen (secondary N) is 1. The van der Waals surface area contributed by atoms with E-state index in [9.17, 15) is 14.7 Å². The third kappa shape index (κ3) is 19.0. The molecule has 9 aromatic rings. The Labute approximate surface area is 530 Å². The maximum absolute atomic E-state index is 13.2. The number of aromatic carboxylic acids is 1. The standard InChI is InChI=1S/C39H45NO5.C37H38N2O6/c1-6-15-32-36(20-13-21-37(32)45-35-19-12-11-16-29(35)3)42-24-14-25-43-38-27-39(44-28-30-17-9-8-10-18-30)33(26-31(38)7-2)34(41)22-23-40(4)5;1-3-12-28-32(17-10-18-33(28)45-34-16-9-8-15-29(34)37(40)41)42-21-11-22-43-35-24-36(44-25-26-13-6-5-7-14-26)30(23-27(35)4-2)31-19-20-38-39-31/h8-13,16-23,26-27H,6-7,14-15,24-25,28H2,1-5H3;5-10,13-20,23-24H,3-4,11-12,21-22,25H2,1-2H3,(H,38,39)(H,40,41)/b23-22+;. The third-order valence-electron chi connectivity index (χ3n) is 14.6. The van der Waals surface area contributed by atoms with Crippen molar-refractivity contribution >= 4 is 11.8 Å². The Bertz CT molecular complexity index is 3730. The largest absolute Gasteiger partial charge is 0.493 e. The van der Waals surface area contributed by atoms with Crippen LogP contribution in [-0.4, -0.2) is 72.5 Å². The molecule has 0 saturated heterocycles. The summed E-state index contributed by atoms with van der Waals surface area (Å²) in [6, 6.07) is 56.0. The van der Waals surface area contributed by atoms with Crippen molar-refractivity contribution in [3.8, 4) is 68.8 Å². The molecule has 9 rings (SSSR count). The second-order valence-electron chi connectivity index (χ2n) is 21.6. The van der Waals surface area contributed by atoms with Crippen LogP contribution in [0.2, 0.25) is 0 Å². The second-order valence-corrected chi connectivity index (χ2v) is 21.6. The number of H-pyrrole nitrogens is 1. The number of carboxylic acids is 1. The predicted molar refractivity (Wildman–Crippen MR) is 355 cm³/mol. The van der Waals surface area contributed by atoms with E-state index in [2.05, 4.69) is 44.0 Å². The molecule has 0 aliphatic carbocycles. The number of benzene rings is 8. The lowest BCUT2D eigenvalue weighted by Crippen LogP contribution is -2.10. The van der Waals surface area contributed by atoms with Gasteiger partial charge in [-0.05, 0) is 121 Å². The minimum absolute atomic E-state index is 0.112. The predicted octanol–water partition coefficient (Wildman–Crippen LogP) is 17.5. The van der Waals surface area contributed by atoms with Crippen LogP contribution >= 0.6 is 0 Å². The molecule has 14 heteroatoms. The van der Waals surface area contributed by atoms with Gasteiger partial charge in [0.25, 0.3) is 0 Å². The average molecular weight is 1210 g/mol. The van der Waals surface area contributed by atoms with E-state index >= 15 is 0 Å². The molecule has 0 fully saturated rings. The zero-order valence-corrected chi connectivity index (χ0v) is 52.8. The number of para-hydroxylation sites is 2. The Morgan fingerprint density at radius 3 is 1.49 bits per heavy atom. The first-order chi connectivity index (χ1) is 44.0. The summed E-state index contributed by atoms with van der Waals surface area (Å²) in [5.74, 6) is 5.69.